The number of nitrogens with one attached hydrogen (secondary N) is 2. The number of ether oxygens (including phenoxy) is 2. The van der Waals surface area contributed by atoms with Gasteiger partial charge < -0.3 is 20.1 Å². The van der Waals surface area contributed by atoms with E-state index in [9.17, 15) is 13.2 Å². The predicted octanol–water partition coefficient (Wildman–Crippen LogP) is 6.86. The Bertz CT molecular complexity index is 947. The van der Waals surface area contributed by atoms with Crippen LogP contribution in [0.2, 0.25) is 0 Å². The van der Waals surface area contributed by atoms with Crippen molar-refractivity contribution in [1.29, 1.82) is 0 Å². The summed E-state index contributed by atoms with van der Waals surface area (Å²) >= 11 is 0. The highest BCUT2D eigenvalue weighted by atomic mass is 19.4. The molecule has 0 saturated carbocycles. The average molecular weight is 523 g/mol. The third-order valence-corrected chi connectivity index (χ3v) is 7.11. The standard InChI is InChI=1S/C30H45F3N2O2/c1-22(2)20-35-21-29(23(3)4,25-11-7-12-26(19-25)30(31,32)33)15-9-17-34-16-8-10-24-13-14-27(36-5)28(18-24)37-6/h7,11-14,18-19,22-23,34-35H,8-10,15-17,20-21H2,1-6H3. The highest BCUT2D eigenvalue weighted by molar-refractivity contribution is 5.42. The second kappa shape index (κ2) is 14.6. The Labute approximate surface area is 221 Å². The number of benzene rings is 2. The smallest absolute Gasteiger partial charge is 0.416 e. The minimum absolute atomic E-state index is 0.181. The topological polar surface area (TPSA) is 42.5 Å². The van der Waals surface area contributed by atoms with Gasteiger partial charge in [0.1, 0.15) is 0 Å². The lowest BCUT2D eigenvalue weighted by atomic mass is 9.68. The van der Waals surface area contributed by atoms with Crippen molar-refractivity contribution in [1.82, 2.24) is 10.6 Å². The summed E-state index contributed by atoms with van der Waals surface area (Å²) in [6.07, 6.45) is -0.755. The van der Waals surface area contributed by atoms with Crippen molar-refractivity contribution in [3.63, 3.8) is 0 Å². The van der Waals surface area contributed by atoms with Gasteiger partial charge in [0.25, 0.3) is 0 Å². The second-order valence-electron chi connectivity index (χ2n) is 10.6. The molecule has 7 heteroatoms. The van der Waals surface area contributed by atoms with Crippen LogP contribution in [0.3, 0.4) is 0 Å². The van der Waals surface area contributed by atoms with E-state index in [2.05, 4.69) is 44.4 Å². The van der Waals surface area contributed by atoms with Crippen LogP contribution in [-0.2, 0) is 18.0 Å². The molecule has 0 saturated heterocycles. The fourth-order valence-corrected chi connectivity index (χ4v) is 4.86. The first-order chi connectivity index (χ1) is 17.5. The van der Waals surface area contributed by atoms with E-state index < -0.39 is 11.7 Å². The Morgan fingerprint density at radius 3 is 2.11 bits per heavy atom. The van der Waals surface area contributed by atoms with Crippen molar-refractivity contribution >= 4 is 0 Å². The van der Waals surface area contributed by atoms with Gasteiger partial charge >= 0.3 is 6.18 Å². The Morgan fingerprint density at radius 2 is 1.49 bits per heavy atom. The van der Waals surface area contributed by atoms with Crippen molar-refractivity contribution in [2.45, 2.75) is 65.0 Å². The van der Waals surface area contributed by atoms with Gasteiger partial charge in [0.15, 0.2) is 11.5 Å². The van der Waals surface area contributed by atoms with Gasteiger partial charge in [0, 0.05) is 12.0 Å². The Kier molecular flexibility index (Phi) is 12.2. The largest absolute Gasteiger partial charge is 0.493 e. The number of hydrogen-bond acceptors (Lipinski definition) is 4. The van der Waals surface area contributed by atoms with Crippen LogP contribution < -0.4 is 20.1 Å². The van der Waals surface area contributed by atoms with E-state index in [1.807, 2.05) is 18.2 Å². The Morgan fingerprint density at radius 1 is 0.811 bits per heavy atom. The van der Waals surface area contributed by atoms with E-state index >= 15 is 0 Å². The lowest BCUT2D eigenvalue weighted by Crippen LogP contribution is -2.44. The average Bonchev–Trinajstić information content (AvgIpc) is 2.86. The molecule has 0 aromatic heterocycles. The maximum Gasteiger partial charge on any atom is 0.416 e. The zero-order valence-electron chi connectivity index (χ0n) is 23.3. The summed E-state index contributed by atoms with van der Waals surface area (Å²) in [4.78, 5) is 0. The molecule has 0 fully saturated rings. The fraction of sp³-hybridized carbons (Fsp3) is 0.600. The Hall–Kier alpha value is -2.25. The molecule has 0 aliphatic heterocycles. The van der Waals surface area contributed by atoms with Crippen molar-refractivity contribution in [2.24, 2.45) is 11.8 Å². The SMILES string of the molecule is COc1ccc(CCCNCCCC(CNCC(C)C)(c2cccc(C(F)(F)F)c2)C(C)C)cc1OC. The monoisotopic (exact) mass is 522 g/mol. The molecule has 0 heterocycles. The molecule has 2 N–H and O–H groups in total. The molecule has 2 aromatic rings. The lowest BCUT2D eigenvalue weighted by molar-refractivity contribution is -0.137. The molecule has 0 aliphatic carbocycles. The summed E-state index contributed by atoms with van der Waals surface area (Å²) in [6.45, 7) is 11.7. The molecule has 0 amide bonds. The van der Waals surface area contributed by atoms with E-state index in [-0.39, 0.29) is 11.3 Å². The minimum Gasteiger partial charge on any atom is -0.493 e. The highest BCUT2D eigenvalue weighted by Crippen LogP contribution is 2.39. The Balaban J connectivity index is 1.99. The van der Waals surface area contributed by atoms with Crippen molar-refractivity contribution in [3.05, 3.63) is 59.2 Å². The van der Waals surface area contributed by atoms with Crippen LogP contribution in [0.25, 0.3) is 0 Å². The highest BCUT2D eigenvalue weighted by Gasteiger charge is 2.37. The van der Waals surface area contributed by atoms with Gasteiger partial charge in [0.2, 0.25) is 0 Å². The van der Waals surface area contributed by atoms with E-state index in [0.717, 1.165) is 68.4 Å². The molecular formula is C30H45F3N2O2. The van der Waals surface area contributed by atoms with E-state index in [4.69, 9.17) is 9.47 Å². The summed E-state index contributed by atoms with van der Waals surface area (Å²) < 4.78 is 51.2. The van der Waals surface area contributed by atoms with Crippen LogP contribution in [0.15, 0.2) is 42.5 Å². The van der Waals surface area contributed by atoms with Gasteiger partial charge in [-0.05, 0) is 86.5 Å². The van der Waals surface area contributed by atoms with E-state index in [0.29, 0.717) is 12.5 Å². The predicted molar refractivity (Wildman–Crippen MR) is 146 cm³/mol. The van der Waals surface area contributed by atoms with Crippen molar-refractivity contribution in [3.8, 4) is 11.5 Å². The van der Waals surface area contributed by atoms with Gasteiger partial charge in [-0.2, -0.15) is 13.2 Å². The van der Waals surface area contributed by atoms with Gasteiger partial charge in [-0.1, -0.05) is 52.0 Å². The first-order valence-corrected chi connectivity index (χ1v) is 13.3. The zero-order valence-corrected chi connectivity index (χ0v) is 23.3. The molecule has 2 aromatic carbocycles. The molecule has 0 aliphatic rings. The summed E-state index contributed by atoms with van der Waals surface area (Å²) in [5, 5.41) is 7.06. The molecular weight excluding hydrogens is 477 g/mol. The van der Waals surface area contributed by atoms with E-state index in [1.54, 1.807) is 20.3 Å². The molecule has 0 spiro atoms. The summed E-state index contributed by atoms with van der Waals surface area (Å²) in [7, 11) is 3.26. The normalized spacial score (nSPS) is 13.7. The quantitative estimate of drug-likeness (QED) is 0.236. The summed E-state index contributed by atoms with van der Waals surface area (Å²) in [5.74, 6) is 2.11. The number of aryl methyl sites for hydroxylation is 1. The minimum atomic E-state index is -4.35. The molecule has 208 valence electrons. The van der Waals surface area contributed by atoms with Crippen molar-refractivity contribution in [2.75, 3.05) is 40.4 Å². The van der Waals surface area contributed by atoms with Gasteiger partial charge in [-0.3, -0.25) is 0 Å². The molecule has 0 radical (unpaired) electrons. The third kappa shape index (κ3) is 9.22. The molecule has 37 heavy (non-hydrogen) atoms. The van der Waals surface area contributed by atoms with Crippen molar-refractivity contribution < 1.29 is 22.6 Å². The number of halogens is 3. The maximum absolute atomic E-state index is 13.5. The van der Waals surface area contributed by atoms with Crippen LogP contribution in [-0.4, -0.2) is 40.4 Å². The first-order valence-electron chi connectivity index (χ1n) is 13.3. The van der Waals surface area contributed by atoms with Crippen LogP contribution >= 0.6 is 0 Å². The molecule has 1 atom stereocenters. The third-order valence-electron chi connectivity index (χ3n) is 7.11. The maximum atomic E-state index is 13.5. The number of methoxy groups -OCH3 is 2. The number of rotatable bonds is 16. The van der Waals surface area contributed by atoms with Crippen LogP contribution in [0.1, 0.15) is 63.6 Å². The van der Waals surface area contributed by atoms with E-state index in [1.165, 1.54) is 11.6 Å². The molecule has 2 rings (SSSR count). The van der Waals surface area contributed by atoms with Crippen LogP contribution in [0.5, 0.6) is 11.5 Å². The van der Waals surface area contributed by atoms with Gasteiger partial charge in [-0.25, -0.2) is 0 Å². The van der Waals surface area contributed by atoms with Crippen LogP contribution in [0.4, 0.5) is 13.2 Å². The van der Waals surface area contributed by atoms with Gasteiger partial charge in [0.05, 0.1) is 19.8 Å². The molecule has 4 nitrogen and oxygen atoms in total. The second-order valence-corrected chi connectivity index (χ2v) is 10.6. The molecule has 1 unspecified atom stereocenters. The number of alkyl halides is 3. The lowest BCUT2D eigenvalue weighted by Gasteiger charge is -2.39. The summed E-state index contributed by atoms with van der Waals surface area (Å²) in [5.41, 5.74) is 1.01. The first kappa shape index (κ1) is 31.0. The van der Waals surface area contributed by atoms with Gasteiger partial charge in [-0.15, -0.1) is 0 Å². The zero-order chi connectivity index (χ0) is 27.5. The summed E-state index contributed by atoms with van der Waals surface area (Å²) in [6, 6.07) is 11.9. The van der Waals surface area contributed by atoms with Crippen LogP contribution in [0, 0.1) is 11.8 Å². The number of hydrogen-bond donors (Lipinski definition) is 2. The fourth-order valence-electron chi connectivity index (χ4n) is 4.86. The molecule has 0 bridgehead atoms.